The van der Waals surface area contributed by atoms with E-state index in [2.05, 4.69) is 15.2 Å². The molecule has 0 bridgehead atoms. The van der Waals surface area contributed by atoms with E-state index in [-0.39, 0.29) is 35.0 Å². The predicted molar refractivity (Wildman–Crippen MR) is 152 cm³/mol. The van der Waals surface area contributed by atoms with Crippen LogP contribution >= 0.6 is 0 Å². The quantitative estimate of drug-likeness (QED) is 0.386. The lowest BCUT2D eigenvalue weighted by atomic mass is 9.88. The van der Waals surface area contributed by atoms with Crippen LogP contribution in [-0.2, 0) is 6.54 Å². The number of ketones is 1. The minimum atomic E-state index is -0.873. The van der Waals surface area contributed by atoms with Gasteiger partial charge in [-0.15, -0.1) is 0 Å². The average Bonchev–Trinajstić information content (AvgIpc) is 3.02. The van der Waals surface area contributed by atoms with Crippen molar-refractivity contribution in [3.05, 3.63) is 94.8 Å². The highest BCUT2D eigenvalue weighted by Gasteiger charge is 2.30. The number of benzene rings is 2. The predicted octanol–water partition coefficient (Wildman–Crippen LogP) is 4.85. The van der Waals surface area contributed by atoms with Crippen molar-refractivity contribution in [3.8, 4) is 5.75 Å². The topological polar surface area (TPSA) is 91.8 Å². The van der Waals surface area contributed by atoms with E-state index in [9.17, 15) is 23.2 Å². The molecule has 2 aliphatic heterocycles. The third-order valence-electron chi connectivity index (χ3n) is 8.05. The number of nitrogens with one attached hydrogen (secondary N) is 1. The normalized spacial score (nSPS) is 18.0. The van der Waals surface area contributed by atoms with Gasteiger partial charge in [0.1, 0.15) is 23.1 Å². The van der Waals surface area contributed by atoms with Gasteiger partial charge in [-0.05, 0) is 74.1 Å². The molecule has 1 aromatic heterocycles. The summed E-state index contributed by atoms with van der Waals surface area (Å²) in [5, 5.41) is 3.10. The zero-order chi connectivity index (χ0) is 29.6. The molecule has 2 aromatic carbocycles. The number of piperidine rings is 2. The molecule has 1 N–H and O–H groups in total. The van der Waals surface area contributed by atoms with Gasteiger partial charge in [0.25, 0.3) is 11.8 Å². The Morgan fingerprint density at radius 3 is 2.38 bits per heavy atom. The summed E-state index contributed by atoms with van der Waals surface area (Å²) in [7, 11) is 1.64. The number of hydrogen-bond donors (Lipinski definition) is 1. The molecule has 3 heterocycles. The highest BCUT2D eigenvalue weighted by atomic mass is 19.1. The number of halogens is 2. The summed E-state index contributed by atoms with van der Waals surface area (Å²) in [5.41, 5.74) is 1.58. The third-order valence-corrected chi connectivity index (χ3v) is 8.05. The molecule has 3 aromatic rings. The maximum Gasteiger partial charge on any atom is 0.271 e. The third kappa shape index (κ3) is 6.82. The van der Waals surface area contributed by atoms with Crippen LogP contribution in [0.15, 0.2) is 60.8 Å². The molecule has 0 aliphatic carbocycles. The largest absolute Gasteiger partial charge is 0.497 e. The molecular weight excluding hydrogens is 542 g/mol. The first-order chi connectivity index (χ1) is 20.3. The van der Waals surface area contributed by atoms with Crippen LogP contribution in [0.4, 0.5) is 8.78 Å². The Morgan fingerprint density at radius 1 is 0.952 bits per heavy atom. The maximum absolute atomic E-state index is 14.1. The highest BCUT2D eigenvalue weighted by molar-refractivity contribution is 5.99. The van der Waals surface area contributed by atoms with Crippen LogP contribution in [0.5, 0.6) is 5.75 Å². The second kappa shape index (κ2) is 13.2. The van der Waals surface area contributed by atoms with Gasteiger partial charge in [-0.25, -0.2) is 8.78 Å². The van der Waals surface area contributed by atoms with Crippen molar-refractivity contribution < 1.29 is 27.9 Å². The second-order valence-corrected chi connectivity index (χ2v) is 10.8. The SMILES string of the molecule is COc1ccc(CN2CCCCC2NC(=O)c2ccc(C(=O)N3CCC(C(=O)c4ccc(F)cc4F)CC3)cn2)cc1. The summed E-state index contributed by atoms with van der Waals surface area (Å²) in [4.78, 5) is 47.0. The lowest BCUT2D eigenvalue weighted by Gasteiger charge is -2.36. The van der Waals surface area contributed by atoms with Crippen LogP contribution in [0.2, 0.25) is 0 Å². The Morgan fingerprint density at radius 2 is 1.71 bits per heavy atom. The van der Waals surface area contributed by atoms with Crippen LogP contribution in [0.1, 0.15) is 68.9 Å². The molecule has 0 radical (unpaired) electrons. The van der Waals surface area contributed by atoms with E-state index < -0.39 is 17.6 Å². The first-order valence-corrected chi connectivity index (χ1v) is 14.2. The first kappa shape index (κ1) is 29.3. The Kier molecular flexibility index (Phi) is 9.22. The molecule has 1 unspecified atom stereocenters. The van der Waals surface area contributed by atoms with Crippen molar-refractivity contribution >= 4 is 17.6 Å². The van der Waals surface area contributed by atoms with Gasteiger partial charge in [0.05, 0.1) is 24.4 Å². The standard InChI is InChI=1S/C32H34F2N4O4/c1-42-25-9-5-21(6-10-25)20-38-15-3-2-4-29(38)36-31(40)28-12-7-23(19-35-28)32(41)37-16-13-22(14-17-37)30(39)26-11-8-24(33)18-27(26)34/h5-12,18-19,22,29H,2-4,13-17,20H2,1H3,(H,36,40). The lowest BCUT2D eigenvalue weighted by Crippen LogP contribution is -2.50. The van der Waals surface area contributed by atoms with Gasteiger partial charge < -0.3 is 15.0 Å². The smallest absolute Gasteiger partial charge is 0.271 e. The second-order valence-electron chi connectivity index (χ2n) is 10.8. The number of nitrogens with zero attached hydrogens (tertiary/aromatic N) is 3. The number of ether oxygens (including phenoxy) is 1. The summed E-state index contributed by atoms with van der Waals surface area (Å²) in [6.07, 6.45) is 4.96. The van der Waals surface area contributed by atoms with Crippen LogP contribution in [0.3, 0.4) is 0 Å². The molecule has 8 nitrogen and oxygen atoms in total. The Labute approximate surface area is 243 Å². The van der Waals surface area contributed by atoms with Crippen LogP contribution < -0.4 is 10.1 Å². The Hall–Kier alpha value is -4.18. The number of methoxy groups -OCH3 is 1. The Balaban J connectivity index is 1.15. The van der Waals surface area contributed by atoms with E-state index in [0.717, 1.165) is 43.2 Å². The monoisotopic (exact) mass is 576 g/mol. The maximum atomic E-state index is 14.1. The molecule has 2 fully saturated rings. The van der Waals surface area contributed by atoms with E-state index >= 15 is 0 Å². The number of hydrogen-bond acceptors (Lipinski definition) is 6. The van der Waals surface area contributed by atoms with Gasteiger partial charge in [-0.2, -0.15) is 0 Å². The molecule has 0 spiro atoms. The average molecular weight is 577 g/mol. The zero-order valence-corrected chi connectivity index (χ0v) is 23.5. The fraction of sp³-hybridized carbons (Fsp3) is 0.375. The molecule has 2 saturated heterocycles. The number of aromatic nitrogens is 1. The van der Waals surface area contributed by atoms with Crippen molar-refractivity contribution in [3.63, 3.8) is 0 Å². The van der Waals surface area contributed by atoms with E-state index in [0.29, 0.717) is 44.1 Å². The molecule has 0 saturated carbocycles. The fourth-order valence-corrected chi connectivity index (χ4v) is 5.63. The minimum Gasteiger partial charge on any atom is -0.497 e. The molecule has 2 amide bonds. The van der Waals surface area contributed by atoms with E-state index in [1.807, 2.05) is 24.3 Å². The van der Waals surface area contributed by atoms with Gasteiger partial charge in [0.15, 0.2) is 5.78 Å². The number of amides is 2. The molecule has 1 atom stereocenters. The van der Waals surface area contributed by atoms with Crippen molar-refractivity contribution in [1.82, 2.24) is 20.1 Å². The number of rotatable bonds is 8. The minimum absolute atomic E-state index is 0.121. The summed E-state index contributed by atoms with van der Waals surface area (Å²) in [5.74, 6) is -2.17. The number of carbonyl (C=O) groups excluding carboxylic acids is 3. The molecule has 42 heavy (non-hydrogen) atoms. The number of Topliss-reactive ketones (excluding diaryl/α,β-unsaturated/α-hetero) is 1. The fourth-order valence-electron chi connectivity index (χ4n) is 5.63. The van der Waals surface area contributed by atoms with E-state index in [1.165, 1.54) is 12.3 Å². The summed E-state index contributed by atoms with van der Waals surface area (Å²) < 4.78 is 32.5. The number of likely N-dealkylation sites (tertiary alicyclic amines) is 2. The first-order valence-electron chi connectivity index (χ1n) is 14.2. The van der Waals surface area contributed by atoms with E-state index in [1.54, 1.807) is 24.1 Å². The molecule has 220 valence electrons. The summed E-state index contributed by atoms with van der Waals surface area (Å²) in [6.45, 7) is 2.23. The number of carbonyl (C=O) groups is 3. The van der Waals surface area contributed by atoms with Crippen molar-refractivity contribution in [2.75, 3.05) is 26.7 Å². The lowest BCUT2D eigenvalue weighted by molar-refractivity contribution is 0.0648. The molecular formula is C32H34F2N4O4. The van der Waals surface area contributed by atoms with Crippen LogP contribution in [0, 0.1) is 17.6 Å². The van der Waals surface area contributed by atoms with Crippen LogP contribution in [0.25, 0.3) is 0 Å². The highest BCUT2D eigenvalue weighted by Crippen LogP contribution is 2.25. The van der Waals surface area contributed by atoms with Gasteiger partial charge in [-0.1, -0.05) is 12.1 Å². The molecule has 10 heteroatoms. The van der Waals surface area contributed by atoms with Crippen molar-refractivity contribution in [2.45, 2.75) is 44.8 Å². The Bertz CT molecular complexity index is 1420. The zero-order valence-electron chi connectivity index (χ0n) is 23.5. The van der Waals surface area contributed by atoms with Crippen molar-refractivity contribution in [1.29, 1.82) is 0 Å². The van der Waals surface area contributed by atoms with Gasteiger partial charge in [0.2, 0.25) is 0 Å². The van der Waals surface area contributed by atoms with E-state index in [4.69, 9.17) is 4.74 Å². The molecule has 2 aliphatic rings. The van der Waals surface area contributed by atoms with Crippen LogP contribution in [-0.4, -0.2) is 65.3 Å². The summed E-state index contributed by atoms with van der Waals surface area (Å²) in [6, 6.07) is 14.0. The number of pyridine rings is 1. The van der Waals surface area contributed by atoms with Gasteiger partial charge >= 0.3 is 0 Å². The van der Waals surface area contributed by atoms with Crippen molar-refractivity contribution in [2.24, 2.45) is 5.92 Å². The summed E-state index contributed by atoms with van der Waals surface area (Å²) >= 11 is 0. The molecule has 5 rings (SSSR count). The van der Waals surface area contributed by atoms with Gasteiger partial charge in [0, 0.05) is 44.4 Å². The van der Waals surface area contributed by atoms with Gasteiger partial charge in [-0.3, -0.25) is 24.3 Å².